The zero-order valence-electron chi connectivity index (χ0n) is 9.45. The highest BCUT2D eigenvalue weighted by atomic mass is 35.5. The van der Waals surface area contributed by atoms with Gasteiger partial charge in [-0.05, 0) is 19.2 Å². The summed E-state index contributed by atoms with van der Waals surface area (Å²) >= 11 is 5.95. The lowest BCUT2D eigenvalue weighted by molar-refractivity contribution is 0.585. The van der Waals surface area contributed by atoms with Crippen molar-refractivity contribution in [3.8, 4) is 0 Å². The number of hydrogen-bond donors (Lipinski definition) is 1. The van der Waals surface area contributed by atoms with Gasteiger partial charge in [0.15, 0.2) is 0 Å². The van der Waals surface area contributed by atoms with Gasteiger partial charge in [0.05, 0.1) is 12.7 Å². The average molecular weight is 254 g/mol. The van der Waals surface area contributed by atoms with Crippen molar-refractivity contribution < 1.29 is 4.39 Å². The van der Waals surface area contributed by atoms with Crippen LogP contribution in [0.3, 0.4) is 0 Å². The minimum atomic E-state index is -0.303. The molecule has 0 aliphatic heterocycles. The standard InChI is InChI=1S/C12H13ClFN3/c1-15-5-9-6-16-17(7-9)8-10-11(13)3-2-4-12(10)14/h2-4,6-7,15H,5,8H2,1H3. The highest BCUT2D eigenvalue weighted by Crippen LogP contribution is 2.19. The molecule has 0 radical (unpaired) electrons. The quantitative estimate of drug-likeness (QED) is 0.907. The number of aromatic nitrogens is 2. The van der Waals surface area contributed by atoms with Gasteiger partial charge in [0.25, 0.3) is 0 Å². The topological polar surface area (TPSA) is 29.9 Å². The van der Waals surface area contributed by atoms with Gasteiger partial charge in [-0.2, -0.15) is 5.10 Å². The highest BCUT2D eigenvalue weighted by molar-refractivity contribution is 6.31. The van der Waals surface area contributed by atoms with Crippen LogP contribution in [-0.4, -0.2) is 16.8 Å². The number of rotatable bonds is 4. The van der Waals surface area contributed by atoms with Crippen LogP contribution < -0.4 is 5.32 Å². The molecule has 5 heteroatoms. The molecule has 0 saturated carbocycles. The summed E-state index contributed by atoms with van der Waals surface area (Å²) in [6.45, 7) is 1.08. The average Bonchev–Trinajstić information content (AvgIpc) is 2.72. The molecule has 0 fully saturated rings. The Labute approximate surface area is 104 Å². The Kier molecular flexibility index (Phi) is 3.76. The van der Waals surface area contributed by atoms with Crippen LogP contribution in [0, 0.1) is 5.82 Å². The molecule has 3 nitrogen and oxygen atoms in total. The zero-order chi connectivity index (χ0) is 12.3. The Morgan fingerprint density at radius 2 is 2.29 bits per heavy atom. The number of benzene rings is 1. The van der Waals surface area contributed by atoms with E-state index in [1.807, 2.05) is 13.2 Å². The van der Waals surface area contributed by atoms with Crippen LogP contribution in [0.4, 0.5) is 4.39 Å². The van der Waals surface area contributed by atoms with Crippen LogP contribution in [0.5, 0.6) is 0 Å². The first kappa shape index (κ1) is 12.1. The predicted octanol–water partition coefficient (Wildman–Crippen LogP) is 2.44. The van der Waals surface area contributed by atoms with E-state index in [2.05, 4.69) is 10.4 Å². The first-order valence-corrected chi connectivity index (χ1v) is 5.67. The lowest BCUT2D eigenvalue weighted by Crippen LogP contribution is -2.05. The van der Waals surface area contributed by atoms with Gasteiger partial charge in [-0.3, -0.25) is 4.68 Å². The van der Waals surface area contributed by atoms with E-state index in [0.717, 1.165) is 12.1 Å². The molecular weight excluding hydrogens is 241 g/mol. The van der Waals surface area contributed by atoms with Crippen molar-refractivity contribution in [2.75, 3.05) is 7.05 Å². The summed E-state index contributed by atoms with van der Waals surface area (Å²) in [5.41, 5.74) is 1.52. The van der Waals surface area contributed by atoms with Crippen LogP contribution in [-0.2, 0) is 13.1 Å². The van der Waals surface area contributed by atoms with Gasteiger partial charge >= 0.3 is 0 Å². The number of halogens is 2. The van der Waals surface area contributed by atoms with E-state index in [9.17, 15) is 4.39 Å². The molecule has 0 atom stereocenters. The summed E-state index contributed by atoms with van der Waals surface area (Å²) in [5, 5.41) is 7.62. The van der Waals surface area contributed by atoms with Crippen molar-refractivity contribution in [1.29, 1.82) is 0 Å². The van der Waals surface area contributed by atoms with E-state index in [4.69, 9.17) is 11.6 Å². The van der Waals surface area contributed by atoms with E-state index in [-0.39, 0.29) is 5.82 Å². The maximum atomic E-state index is 13.6. The largest absolute Gasteiger partial charge is 0.316 e. The Morgan fingerprint density at radius 1 is 1.47 bits per heavy atom. The van der Waals surface area contributed by atoms with Crippen molar-refractivity contribution in [3.63, 3.8) is 0 Å². The molecule has 0 saturated heterocycles. The monoisotopic (exact) mass is 253 g/mol. The molecule has 1 aromatic carbocycles. The molecule has 2 aromatic rings. The van der Waals surface area contributed by atoms with E-state index in [0.29, 0.717) is 17.1 Å². The van der Waals surface area contributed by atoms with Gasteiger partial charge in [0.2, 0.25) is 0 Å². The molecule has 1 aromatic heterocycles. The summed E-state index contributed by atoms with van der Waals surface area (Å²) in [4.78, 5) is 0. The van der Waals surface area contributed by atoms with Gasteiger partial charge in [-0.15, -0.1) is 0 Å². The second-order valence-electron chi connectivity index (χ2n) is 3.78. The van der Waals surface area contributed by atoms with Crippen LogP contribution in [0.25, 0.3) is 0 Å². The third-order valence-corrected chi connectivity index (χ3v) is 2.80. The fraction of sp³-hybridized carbons (Fsp3) is 0.250. The Bertz CT molecular complexity index is 490. The van der Waals surface area contributed by atoms with Crippen LogP contribution >= 0.6 is 11.6 Å². The smallest absolute Gasteiger partial charge is 0.129 e. The number of hydrogen-bond acceptors (Lipinski definition) is 2. The first-order chi connectivity index (χ1) is 8.20. The molecule has 0 unspecified atom stereocenters. The molecule has 0 bridgehead atoms. The summed E-state index contributed by atoms with van der Waals surface area (Å²) in [5.74, 6) is -0.303. The van der Waals surface area contributed by atoms with Crippen LogP contribution in [0.2, 0.25) is 5.02 Å². The molecule has 0 amide bonds. The van der Waals surface area contributed by atoms with Crippen molar-refractivity contribution in [3.05, 3.63) is 52.6 Å². The van der Waals surface area contributed by atoms with Crippen molar-refractivity contribution in [2.24, 2.45) is 0 Å². The van der Waals surface area contributed by atoms with Gasteiger partial charge in [0, 0.05) is 28.9 Å². The van der Waals surface area contributed by atoms with Crippen LogP contribution in [0.1, 0.15) is 11.1 Å². The molecule has 90 valence electrons. The third kappa shape index (κ3) is 2.84. The fourth-order valence-corrected chi connectivity index (χ4v) is 1.86. The molecule has 0 aliphatic carbocycles. The Hall–Kier alpha value is -1.39. The molecule has 0 spiro atoms. The summed E-state index contributed by atoms with van der Waals surface area (Å²) in [6.07, 6.45) is 3.63. The first-order valence-electron chi connectivity index (χ1n) is 5.29. The Morgan fingerprint density at radius 3 is 3.00 bits per heavy atom. The lowest BCUT2D eigenvalue weighted by Gasteiger charge is -2.05. The van der Waals surface area contributed by atoms with E-state index >= 15 is 0 Å². The number of nitrogens with zero attached hydrogens (tertiary/aromatic N) is 2. The highest BCUT2D eigenvalue weighted by Gasteiger charge is 2.08. The van der Waals surface area contributed by atoms with Gasteiger partial charge in [-0.1, -0.05) is 17.7 Å². The fourth-order valence-electron chi connectivity index (χ4n) is 1.63. The summed E-state index contributed by atoms with van der Waals surface area (Å²) in [6, 6.07) is 4.67. The van der Waals surface area contributed by atoms with E-state index < -0.39 is 0 Å². The Balaban J connectivity index is 2.19. The normalized spacial score (nSPS) is 10.8. The second kappa shape index (κ2) is 5.29. The number of nitrogens with one attached hydrogen (secondary N) is 1. The van der Waals surface area contributed by atoms with Gasteiger partial charge in [-0.25, -0.2) is 4.39 Å². The molecule has 1 N–H and O–H groups in total. The molecule has 1 heterocycles. The minimum Gasteiger partial charge on any atom is -0.316 e. The summed E-state index contributed by atoms with van der Waals surface area (Å²) < 4.78 is 15.2. The zero-order valence-corrected chi connectivity index (χ0v) is 10.2. The van der Waals surface area contributed by atoms with Crippen molar-refractivity contribution in [2.45, 2.75) is 13.1 Å². The minimum absolute atomic E-state index is 0.303. The summed E-state index contributed by atoms with van der Waals surface area (Å²) in [7, 11) is 1.87. The van der Waals surface area contributed by atoms with Gasteiger partial charge < -0.3 is 5.32 Å². The van der Waals surface area contributed by atoms with E-state index in [1.165, 1.54) is 6.07 Å². The van der Waals surface area contributed by atoms with E-state index in [1.54, 1.807) is 23.0 Å². The molecular formula is C12H13ClFN3. The molecule has 17 heavy (non-hydrogen) atoms. The maximum absolute atomic E-state index is 13.6. The van der Waals surface area contributed by atoms with Gasteiger partial charge in [0.1, 0.15) is 5.82 Å². The molecule has 2 rings (SSSR count). The van der Waals surface area contributed by atoms with Crippen molar-refractivity contribution >= 4 is 11.6 Å². The maximum Gasteiger partial charge on any atom is 0.129 e. The second-order valence-corrected chi connectivity index (χ2v) is 4.18. The SMILES string of the molecule is CNCc1cnn(Cc2c(F)cccc2Cl)c1. The molecule has 0 aliphatic rings. The lowest BCUT2D eigenvalue weighted by atomic mass is 10.2. The third-order valence-electron chi connectivity index (χ3n) is 2.45. The predicted molar refractivity (Wildman–Crippen MR) is 65.5 cm³/mol. The van der Waals surface area contributed by atoms with Crippen LogP contribution in [0.15, 0.2) is 30.6 Å². The van der Waals surface area contributed by atoms with Crippen molar-refractivity contribution in [1.82, 2.24) is 15.1 Å².